The van der Waals surface area contributed by atoms with E-state index >= 15 is 0 Å². The summed E-state index contributed by atoms with van der Waals surface area (Å²) in [4.78, 5) is 26.2. The Morgan fingerprint density at radius 2 is 1.68 bits per heavy atom. The monoisotopic (exact) mass is 555 g/mol. The van der Waals surface area contributed by atoms with Gasteiger partial charge in [0.15, 0.2) is 0 Å². The van der Waals surface area contributed by atoms with Crippen molar-refractivity contribution in [3.05, 3.63) is 87.7 Å². The second-order valence-corrected chi connectivity index (χ2v) is 10.6. The van der Waals surface area contributed by atoms with Crippen molar-refractivity contribution in [3.63, 3.8) is 0 Å². The van der Waals surface area contributed by atoms with Crippen LogP contribution in [-0.2, 0) is 15.2 Å². The summed E-state index contributed by atoms with van der Waals surface area (Å²) < 4.78 is 19.0. The number of ether oxygens (including phenoxy) is 1. The third kappa shape index (κ3) is 5.05. The molecule has 9 heteroatoms. The van der Waals surface area contributed by atoms with Gasteiger partial charge in [-0.3, -0.25) is 4.79 Å². The van der Waals surface area contributed by atoms with E-state index in [1.165, 1.54) is 25.3 Å². The molecule has 38 heavy (non-hydrogen) atoms. The maximum absolute atomic E-state index is 14.2. The second kappa shape index (κ2) is 10.8. The molecule has 0 radical (unpaired) electrons. The van der Waals surface area contributed by atoms with Crippen LogP contribution in [0.1, 0.15) is 48.0 Å². The first-order valence-electron chi connectivity index (χ1n) is 12.6. The zero-order chi connectivity index (χ0) is 26.9. The smallest absolute Gasteiger partial charge is 0.337 e. The van der Waals surface area contributed by atoms with Gasteiger partial charge in [0.25, 0.3) is 0 Å². The molecule has 3 N–H and O–H groups in total. The molecule has 2 aliphatic rings. The SMILES string of the molecule is COC(=O)c1ccc(NC(=O)C(C2CCCCC2)C2(c3ccc(Cl)cc3)Nc3ccc(F)cc3N2)c(Cl)c1. The van der Waals surface area contributed by atoms with Crippen molar-refractivity contribution >= 4 is 52.1 Å². The Balaban J connectivity index is 1.58. The molecular formula is C29H28Cl2FN3O3. The first-order valence-corrected chi connectivity index (χ1v) is 13.4. The molecule has 5 rings (SSSR count). The maximum atomic E-state index is 14.2. The molecule has 3 aromatic rings. The lowest BCUT2D eigenvalue weighted by atomic mass is 9.71. The number of rotatable bonds is 6. The number of hydrogen-bond donors (Lipinski definition) is 3. The number of carbonyl (C=O) groups excluding carboxylic acids is 2. The molecule has 6 nitrogen and oxygen atoms in total. The summed E-state index contributed by atoms with van der Waals surface area (Å²) in [7, 11) is 1.29. The Morgan fingerprint density at radius 1 is 0.974 bits per heavy atom. The molecule has 1 fully saturated rings. The van der Waals surface area contributed by atoms with E-state index in [-0.39, 0.29) is 28.2 Å². The Hall–Kier alpha value is -3.29. The van der Waals surface area contributed by atoms with Crippen molar-refractivity contribution in [3.8, 4) is 0 Å². The van der Waals surface area contributed by atoms with Crippen molar-refractivity contribution in [2.75, 3.05) is 23.1 Å². The molecule has 1 heterocycles. The summed E-state index contributed by atoms with van der Waals surface area (Å²) in [6.45, 7) is 0. The van der Waals surface area contributed by atoms with Crippen LogP contribution in [-0.4, -0.2) is 19.0 Å². The van der Waals surface area contributed by atoms with Crippen LogP contribution in [0.25, 0.3) is 0 Å². The largest absolute Gasteiger partial charge is 0.465 e. The first kappa shape index (κ1) is 26.3. The second-order valence-electron chi connectivity index (χ2n) is 9.81. The van der Waals surface area contributed by atoms with E-state index in [2.05, 4.69) is 16.0 Å². The molecule has 0 spiro atoms. The molecule has 198 valence electrons. The van der Waals surface area contributed by atoms with E-state index in [9.17, 15) is 14.0 Å². The van der Waals surface area contributed by atoms with Crippen LogP contribution in [0.4, 0.5) is 21.5 Å². The minimum atomic E-state index is -1.06. The molecule has 2 atom stereocenters. The van der Waals surface area contributed by atoms with Crippen LogP contribution >= 0.6 is 23.2 Å². The molecule has 1 aliphatic heterocycles. The lowest BCUT2D eigenvalue weighted by molar-refractivity contribution is -0.124. The van der Waals surface area contributed by atoms with Crippen molar-refractivity contribution in [2.24, 2.45) is 11.8 Å². The van der Waals surface area contributed by atoms with Gasteiger partial charge in [-0.2, -0.15) is 0 Å². The summed E-state index contributed by atoms with van der Waals surface area (Å²) in [6.07, 6.45) is 4.89. The summed E-state index contributed by atoms with van der Waals surface area (Å²) in [5.74, 6) is -1.70. The quantitative estimate of drug-likeness (QED) is 0.275. The Kier molecular flexibility index (Phi) is 7.50. The van der Waals surface area contributed by atoms with E-state index in [0.29, 0.717) is 22.1 Å². The Morgan fingerprint density at radius 3 is 2.37 bits per heavy atom. The molecule has 1 amide bonds. The maximum Gasteiger partial charge on any atom is 0.337 e. The standard InChI is InChI=1S/C29H28Cl2FN3O3/c1-38-28(37)18-7-13-23(22(31)15-18)33-27(36)26(17-5-3-2-4-6-17)29(19-8-10-20(30)11-9-19)34-24-14-12-21(32)16-25(24)35-29/h7-17,26,34-35H,2-6H2,1H3,(H,33,36). The zero-order valence-electron chi connectivity index (χ0n) is 20.8. The summed E-state index contributed by atoms with van der Waals surface area (Å²) in [5.41, 5.74) is 1.69. The molecule has 0 bridgehead atoms. The van der Waals surface area contributed by atoms with Crippen LogP contribution in [0, 0.1) is 17.7 Å². The Labute approximate surface area is 230 Å². The van der Waals surface area contributed by atoms with Gasteiger partial charge < -0.3 is 20.7 Å². The van der Waals surface area contributed by atoms with Crippen LogP contribution in [0.5, 0.6) is 0 Å². The summed E-state index contributed by atoms with van der Waals surface area (Å²) in [5, 5.41) is 10.8. The van der Waals surface area contributed by atoms with Crippen LogP contribution in [0.15, 0.2) is 60.7 Å². The van der Waals surface area contributed by atoms with Gasteiger partial charge in [0, 0.05) is 5.02 Å². The van der Waals surface area contributed by atoms with Gasteiger partial charge in [-0.1, -0.05) is 54.6 Å². The van der Waals surface area contributed by atoms with E-state index in [4.69, 9.17) is 27.9 Å². The molecule has 2 unspecified atom stereocenters. The average molecular weight is 556 g/mol. The van der Waals surface area contributed by atoms with Crippen molar-refractivity contribution in [1.82, 2.24) is 0 Å². The van der Waals surface area contributed by atoms with Crippen molar-refractivity contribution in [1.29, 1.82) is 0 Å². The van der Waals surface area contributed by atoms with Gasteiger partial charge in [0.2, 0.25) is 5.91 Å². The normalized spacial score (nSPS) is 19.6. The summed E-state index contributed by atoms with van der Waals surface area (Å²) >= 11 is 12.7. The highest BCUT2D eigenvalue weighted by atomic mass is 35.5. The van der Waals surface area contributed by atoms with Gasteiger partial charge in [-0.15, -0.1) is 0 Å². The summed E-state index contributed by atoms with van der Waals surface area (Å²) in [6, 6.07) is 16.4. The van der Waals surface area contributed by atoms with E-state index in [1.807, 2.05) is 12.1 Å². The number of hydrogen-bond acceptors (Lipinski definition) is 5. The fourth-order valence-corrected chi connectivity index (χ4v) is 6.03. The number of carbonyl (C=O) groups is 2. The third-order valence-electron chi connectivity index (χ3n) is 7.46. The fraction of sp³-hybridized carbons (Fsp3) is 0.310. The number of esters is 1. The van der Waals surface area contributed by atoms with E-state index < -0.39 is 17.6 Å². The number of halogens is 3. The van der Waals surface area contributed by atoms with Crippen LogP contribution < -0.4 is 16.0 Å². The van der Waals surface area contributed by atoms with Gasteiger partial charge in [-0.05, 0) is 72.9 Å². The number of nitrogens with one attached hydrogen (secondary N) is 3. The lowest BCUT2D eigenvalue weighted by Gasteiger charge is -2.43. The van der Waals surface area contributed by atoms with E-state index in [1.54, 1.807) is 30.3 Å². The molecule has 0 saturated heterocycles. The van der Waals surface area contributed by atoms with Crippen LogP contribution in [0.2, 0.25) is 10.0 Å². The van der Waals surface area contributed by atoms with Crippen molar-refractivity contribution < 1.29 is 18.7 Å². The molecular weight excluding hydrogens is 528 g/mol. The van der Waals surface area contributed by atoms with Gasteiger partial charge in [0.05, 0.1) is 40.7 Å². The number of benzene rings is 3. The van der Waals surface area contributed by atoms with Crippen LogP contribution in [0.3, 0.4) is 0 Å². The number of methoxy groups -OCH3 is 1. The molecule has 3 aromatic carbocycles. The highest BCUT2D eigenvalue weighted by molar-refractivity contribution is 6.34. The molecule has 1 aliphatic carbocycles. The van der Waals surface area contributed by atoms with Crippen molar-refractivity contribution in [2.45, 2.75) is 37.8 Å². The number of anilines is 3. The average Bonchev–Trinajstić information content (AvgIpc) is 3.29. The fourth-order valence-electron chi connectivity index (χ4n) is 5.68. The lowest BCUT2D eigenvalue weighted by Crippen LogP contribution is -2.54. The van der Waals surface area contributed by atoms with E-state index in [0.717, 1.165) is 37.7 Å². The first-order chi connectivity index (χ1) is 18.3. The predicted octanol–water partition coefficient (Wildman–Crippen LogP) is 7.44. The Bertz CT molecular complexity index is 1360. The highest BCUT2D eigenvalue weighted by Gasteiger charge is 2.52. The van der Waals surface area contributed by atoms with Gasteiger partial charge in [0.1, 0.15) is 11.5 Å². The van der Waals surface area contributed by atoms with Gasteiger partial charge in [-0.25, -0.2) is 9.18 Å². The molecule has 1 saturated carbocycles. The third-order valence-corrected chi connectivity index (χ3v) is 8.03. The minimum absolute atomic E-state index is 0.0340. The van der Waals surface area contributed by atoms with Gasteiger partial charge >= 0.3 is 5.97 Å². The topological polar surface area (TPSA) is 79.5 Å². The number of amides is 1. The minimum Gasteiger partial charge on any atom is -0.465 e. The zero-order valence-corrected chi connectivity index (χ0v) is 22.3. The molecule has 0 aromatic heterocycles. The highest BCUT2D eigenvalue weighted by Crippen LogP contribution is 2.49. The predicted molar refractivity (Wildman–Crippen MR) is 148 cm³/mol. The number of fused-ring (bicyclic) bond motifs is 1.